The molecule has 0 aliphatic carbocycles. The zero-order chi connectivity index (χ0) is 15.4. The molecular formula is C16H19ClN4O2. The predicted octanol–water partition coefficient (Wildman–Crippen LogP) is 1.80. The number of morpholine rings is 1. The smallest absolute Gasteiger partial charge is 0.254 e. The number of rotatable bonds is 3. The van der Waals surface area contributed by atoms with Gasteiger partial charge in [0.05, 0.1) is 6.61 Å². The van der Waals surface area contributed by atoms with Crippen LogP contribution in [0.15, 0.2) is 36.5 Å². The molecule has 1 aliphatic heterocycles. The first-order chi connectivity index (χ1) is 10.7. The average Bonchev–Trinajstić information content (AvgIpc) is 2.56. The fourth-order valence-corrected chi connectivity index (χ4v) is 2.25. The van der Waals surface area contributed by atoms with E-state index in [1.54, 1.807) is 6.20 Å². The second-order valence-corrected chi connectivity index (χ2v) is 5.15. The summed E-state index contributed by atoms with van der Waals surface area (Å²) in [5, 5.41) is 5.99. The lowest BCUT2D eigenvalue weighted by Gasteiger charge is -2.22. The molecule has 1 unspecified atom stereocenters. The molecule has 3 rings (SSSR count). The molecule has 0 radical (unpaired) electrons. The van der Waals surface area contributed by atoms with Gasteiger partial charge < -0.3 is 15.4 Å². The minimum absolute atomic E-state index is 0. The predicted molar refractivity (Wildman–Crippen MR) is 90.7 cm³/mol. The average molecular weight is 335 g/mol. The molecular weight excluding hydrogens is 316 g/mol. The fourth-order valence-electron chi connectivity index (χ4n) is 2.25. The summed E-state index contributed by atoms with van der Waals surface area (Å²) in [7, 11) is 0. The second-order valence-electron chi connectivity index (χ2n) is 5.15. The first-order valence-electron chi connectivity index (χ1n) is 7.25. The van der Waals surface area contributed by atoms with E-state index in [1.165, 1.54) is 0 Å². The lowest BCUT2D eigenvalue weighted by Crippen LogP contribution is -2.45. The Morgan fingerprint density at radius 1 is 1.30 bits per heavy atom. The molecule has 1 aromatic heterocycles. The van der Waals surface area contributed by atoms with Crippen LogP contribution >= 0.6 is 12.4 Å². The minimum atomic E-state index is -0.437. The Morgan fingerprint density at radius 2 is 2.09 bits per heavy atom. The van der Waals surface area contributed by atoms with Gasteiger partial charge in [0.25, 0.3) is 5.91 Å². The maximum Gasteiger partial charge on any atom is 0.254 e. The van der Waals surface area contributed by atoms with E-state index in [1.807, 2.05) is 37.3 Å². The highest BCUT2D eigenvalue weighted by atomic mass is 35.5. The molecule has 1 aliphatic rings. The number of ether oxygens (including phenoxy) is 1. The van der Waals surface area contributed by atoms with Gasteiger partial charge in [-0.25, -0.2) is 9.97 Å². The number of benzene rings is 1. The van der Waals surface area contributed by atoms with Crippen molar-refractivity contribution >= 4 is 24.0 Å². The molecule has 0 saturated carbocycles. The third kappa shape index (κ3) is 4.48. The van der Waals surface area contributed by atoms with E-state index in [4.69, 9.17) is 4.74 Å². The van der Waals surface area contributed by atoms with Crippen molar-refractivity contribution in [3.8, 4) is 11.4 Å². The SMILES string of the molecule is Cc1ccnc(-c2ccc(NC(=O)C3CNCCO3)cc2)n1.Cl. The van der Waals surface area contributed by atoms with Crippen molar-refractivity contribution < 1.29 is 9.53 Å². The number of hydrogen-bond donors (Lipinski definition) is 2. The van der Waals surface area contributed by atoms with Crippen LogP contribution < -0.4 is 10.6 Å². The number of hydrogen-bond acceptors (Lipinski definition) is 5. The Kier molecular flexibility index (Phi) is 6.04. The highest BCUT2D eigenvalue weighted by Gasteiger charge is 2.21. The molecule has 1 aromatic carbocycles. The van der Waals surface area contributed by atoms with E-state index < -0.39 is 6.10 Å². The van der Waals surface area contributed by atoms with Gasteiger partial charge in [0.15, 0.2) is 5.82 Å². The van der Waals surface area contributed by atoms with Crippen LogP contribution in [0.1, 0.15) is 5.69 Å². The van der Waals surface area contributed by atoms with Crippen LogP contribution in [0, 0.1) is 6.92 Å². The van der Waals surface area contributed by atoms with Crippen LogP contribution in [-0.4, -0.2) is 41.7 Å². The van der Waals surface area contributed by atoms with Crippen LogP contribution in [0.25, 0.3) is 11.4 Å². The maximum atomic E-state index is 12.1. The zero-order valence-corrected chi connectivity index (χ0v) is 13.6. The van der Waals surface area contributed by atoms with E-state index >= 15 is 0 Å². The third-order valence-electron chi connectivity index (χ3n) is 3.43. The number of nitrogens with zero attached hydrogens (tertiary/aromatic N) is 2. The summed E-state index contributed by atoms with van der Waals surface area (Å²) in [5.41, 5.74) is 2.57. The van der Waals surface area contributed by atoms with Gasteiger partial charge in [-0.1, -0.05) is 0 Å². The van der Waals surface area contributed by atoms with Gasteiger partial charge >= 0.3 is 0 Å². The van der Waals surface area contributed by atoms with Crippen molar-refractivity contribution in [2.75, 3.05) is 25.0 Å². The first-order valence-corrected chi connectivity index (χ1v) is 7.25. The Hall–Kier alpha value is -2.02. The Labute approximate surface area is 141 Å². The number of nitrogens with one attached hydrogen (secondary N) is 2. The molecule has 6 nitrogen and oxygen atoms in total. The van der Waals surface area contributed by atoms with Crippen molar-refractivity contribution in [2.24, 2.45) is 0 Å². The van der Waals surface area contributed by atoms with Crippen LogP contribution in [0.2, 0.25) is 0 Å². The summed E-state index contributed by atoms with van der Waals surface area (Å²) in [5.74, 6) is 0.546. The normalized spacial score (nSPS) is 17.2. The number of carbonyl (C=O) groups excluding carboxylic acids is 1. The largest absolute Gasteiger partial charge is 0.366 e. The lowest BCUT2D eigenvalue weighted by atomic mass is 10.2. The van der Waals surface area contributed by atoms with Crippen LogP contribution in [0.4, 0.5) is 5.69 Å². The van der Waals surface area contributed by atoms with Crippen molar-refractivity contribution in [3.05, 3.63) is 42.2 Å². The molecule has 2 aromatic rings. The maximum absolute atomic E-state index is 12.1. The number of anilines is 1. The molecule has 2 heterocycles. The van der Waals surface area contributed by atoms with E-state index in [0.29, 0.717) is 19.0 Å². The number of aryl methyl sites for hydroxylation is 1. The van der Waals surface area contributed by atoms with Crippen molar-refractivity contribution in [1.29, 1.82) is 0 Å². The molecule has 1 saturated heterocycles. The number of halogens is 1. The Morgan fingerprint density at radius 3 is 2.74 bits per heavy atom. The van der Waals surface area contributed by atoms with E-state index in [-0.39, 0.29) is 18.3 Å². The van der Waals surface area contributed by atoms with Gasteiger partial charge in [0, 0.05) is 36.2 Å². The molecule has 0 bridgehead atoms. The summed E-state index contributed by atoms with van der Waals surface area (Å²) in [6.07, 6.45) is 1.30. The van der Waals surface area contributed by atoms with Crippen LogP contribution in [-0.2, 0) is 9.53 Å². The summed E-state index contributed by atoms with van der Waals surface area (Å²) in [4.78, 5) is 20.7. The molecule has 1 amide bonds. The van der Waals surface area contributed by atoms with E-state index in [9.17, 15) is 4.79 Å². The standard InChI is InChI=1S/C16H18N4O2.ClH/c1-11-6-7-18-15(19-11)12-2-4-13(5-3-12)20-16(21)14-10-17-8-9-22-14;/h2-7,14,17H,8-10H2,1H3,(H,20,21);1H. The van der Waals surface area contributed by atoms with Gasteiger partial charge in [-0.3, -0.25) is 4.79 Å². The second kappa shape index (κ2) is 8.01. The molecule has 122 valence electrons. The summed E-state index contributed by atoms with van der Waals surface area (Å²) in [6, 6.07) is 9.33. The van der Waals surface area contributed by atoms with Gasteiger partial charge in [-0.2, -0.15) is 0 Å². The monoisotopic (exact) mass is 334 g/mol. The highest BCUT2D eigenvalue weighted by molar-refractivity contribution is 5.94. The molecule has 1 atom stereocenters. The van der Waals surface area contributed by atoms with Gasteiger partial charge in [0.2, 0.25) is 0 Å². The third-order valence-corrected chi connectivity index (χ3v) is 3.43. The van der Waals surface area contributed by atoms with Gasteiger partial charge in [-0.15, -0.1) is 12.4 Å². The van der Waals surface area contributed by atoms with E-state index in [0.717, 1.165) is 23.5 Å². The van der Waals surface area contributed by atoms with Crippen LogP contribution in [0.5, 0.6) is 0 Å². The van der Waals surface area contributed by atoms with Crippen molar-refractivity contribution in [1.82, 2.24) is 15.3 Å². The minimum Gasteiger partial charge on any atom is -0.366 e. The molecule has 23 heavy (non-hydrogen) atoms. The summed E-state index contributed by atoms with van der Waals surface area (Å²) in [6.45, 7) is 3.82. The Bertz CT molecular complexity index is 657. The molecule has 0 spiro atoms. The van der Waals surface area contributed by atoms with Crippen LogP contribution in [0.3, 0.4) is 0 Å². The molecule has 2 N–H and O–H groups in total. The molecule has 1 fully saturated rings. The van der Waals surface area contributed by atoms with Crippen molar-refractivity contribution in [3.63, 3.8) is 0 Å². The quantitative estimate of drug-likeness (QED) is 0.895. The zero-order valence-electron chi connectivity index (χ0n) is 12.8. The fraction of sp³-hybridized carbons (Fsp3) is 0.312. The number of aromatic nitrogens is 2. The summed E-state index contributed by atoms with van der Waals surface area (Å²) < 4.78 is 5.42. The van der Waals surface area contributed by atoms with Gasteiger partial charge in [-0.05, 0) is 37.3 Å². The number of amides is 1. The topological polar surface area (TPSA) is 76.1 Å². The van der Waals surface area contributed by atoms with Gasteiger partial charge in [0.1, 0.15) is 6.10 Å². The Balaban J connectivity index is 0.00000192. The summed E-state index contributed by atoms with van der Waals surface area (Å²) >= 11 is 0. The highest BCUT2D eigenvalue weighted by Crippen LogP contribution is 2.18. The number of carbonyl (C=O) groups is 1. The first kappa shape index (κ1) is 17.3. The van der Waals surface area contributed by atoms with Crippen molar-refractivity contribution in [2.45, 2.75) is 13.0 Å². The van der Waals surface area contributed by atoms with E-state index in [2.05, 4.69) is 20.6 Å². The lowest BCUT2D eigenvalue weighted by molar-refractivity contribution is -0.128. The molecule has 7 heteroatoms.